The number of carbonyl (C=O) groups is 1. The van der Waals surface area contributed by atoms with Crippen LogP contribution in [0, 0.1) is 5.82 Å². The highest BCUT2D eigenvalue weighted by Gasteiger charge is 2.22. The SMILES string of the molecule is CC(NC(C)c1ccccc1Cl)C(=O)N(C)Cc1c(F)cccc1Cl. The van der Waals surface area contributed by atoms with Crippen molar-refractivity contribution in [3.05, 3.63) is 69.5 Å². The third-order valence-corrected chi connectivity index (χ3v) is 4.77. The van der Waals surface area contributed by atoms with Crippen molar-refractivity contribution in [3.8, 4) is 0 Å². The van der Waals surface area contributed by atoms with E-state index in [0.717, 1.165) is 5.56 Å². The minimum absolute atomic E-state index is 0.0990. The molecule has 1 amide bonds. The molecule has 0 saturated heterocycles. The van der Waals surface area contributed by atoms with Crippen LogP contribution in [0.2, 0.25) is 10.0 Å². The Morgan fingerprint density at radius 2 is 1.76 bits per heavy atom. The number of hydrogen-bond acceptors (Lipinski definition) is 2. The summed E-state index contributed by atoms with van der Waals surface area (Å²) in [6, 6.07) is 11.4. The number of nitrogens with one attached hydrogen (secondary N) is 1. The van der Waals surface area contributed by atoms with Crippen LogP contribution < -0.4 is 5.32 Å². The molecule has 0 bridgehead atoms. The molecule has 2 rings (SSSR count). The van der Waals surface area contributed by atoms with Gasteiger partial charge in [0.05, 0.1) is 6.04 Å². The van der Waals surface area contributed by atoms with Gasteiger partial charge in [0, 0.05) is 35.2 Å². The number of likely N-dealkylation sites (N-methyl/N-ethyl adjacent to an activating group) is 1. The first-order chi connectivity index (χ1) is 11.8. The number of carbonyl (C=O) groups excluding carboxylic acids is 1. The maximum absolute atomic E-state index is 13.9. The molecule has 2 aromatic rings. The third-order valence-electron chi connectivity index (χ3n) is 4.08. The second-order valence-corrected chi connectivity index (χ2v) is 6.84. The average molecular weight is 383 g/mol. The molecule has 2 atom stereocenters. The summed E-state index contributed by atoms with van der Waals surface area (Å²) in [4.78, 5) is 14.0. The molecule has 0 aromatic heterocycles. The molecule has 0 aliphatic carbocycles. The molecular formula is C19H21Cl2FN2O. The lowest BCUT2D eigenvalue weighted by Crippen LogP contribution is -2.43. The van der Waals surface area contributed by atoms with E-state index in [4.69, 9.17) is 23.2 Å². The average Bonchev–Trinajstić information content (AvgIpc) is 2.57. The minimum atomic E-state index is -0.457. The van der Waals surface area contributed by atoms with E-state index in [1.165, 1.54) is 11.0 Å². The van der Waals surface area contributed by atoms with Crippen LogP contribution in [0.4, 0.5) is 4.39 Å². The topological polar surface area (TPSA) is 32.3 Å². The van der Waals surface area contributed by atoms with Gasteiger partial charge in [-0.2, -0.15) is 0 Å². The maximum Gasteiger partial charge on any atom is 0.239 e. The quantitative estimate of drug-likeness (QED) is 0.775. The highest BCUT2D eigenvalue weighted by molar-refractivity contribution is 6.31. The number of benzene rings is 2. The summed E-state index contributed by atoms with van der Waals surface area (Å²) in [5, 5.41) is 4.19. The molecule has 0 aliphatic rings. The molecule has 3 nitrogen and oxygen atoms in total. The molecule has 0 heterocycles. The lowest BCUT2D eigenvalue weighted by Gasteiger charge is -2.25. The fourth-order valence-electron chi connectivity index (χ4n) is 2.69. The van der Waals surface area contributed by atoms with Gasteiger partial charge in [0.25, 0.3) is 0 Å². The first-order valence-electron chi connectivity index (χ1n) is 7.99. The normalized spacial score (nSPS) is 13.4. The van der Waals surface area contributed by atoms with Gasteiger partial charge in [0.15, 0.2) is 0 Å². The van der Waals surface area contributed by atoms with Crippen LogP contribution >= 0.6 is 23.2 Å². The van der Waals surface area contributed by atoms with Gasteiger partial charge in [-0.05, 0) is 37.6 Å². The maximum atomic E-state index is 13.9. The van der Waals surface area contributed by atoms with E-state index in [-0.39, 0.29) is 18.5 Å². The summed E-state index contributed by atoms with van der Waals surface area (Å²) in [5.74, 6) is -0.574. The number of rotatable bonds is 6. The van der Waals surface area contributed by atoms with Crippen LogP contribution in [0.5, 0.6) is 0 Å². The van der Waals surface area contributed by atoms with Crippen molar-refractivity contribution in [2.75, 3.05) is 7.05 Å². The molecule has 0 radical (unpaired) electrons. The van der Waals surface area contributed by atoms with Gasteiger partial charge in [-0.1, -0.05) is 47.5 Å². The predicted molar refractivity (Wildman–Crippen MR) is 100 cm³/mol. The van der Waals surface area contributed by atoms with E-state index in [0.29, 0.717) is 15.6 Å². The highest BCUT2D eigenvalue weighted by atomic mass is 35.5. The first-order valence-corrected chi connectivity index (χ1v) is 8.75. The van der Waals surface area contributed by atoms with E-state index in [1.807, 2.05) is 31.2 Å². The van der Waals surface area contributed by atoms with E-state index >= 15 is 0 Å². The Bertz CT molecular complexity index is 734. The van der Waals surface area contributed by atoms with Gasteiger partial charge in [0.1, 0.15) is 5.82 Å². The van der Waals surface area contributed by atoms with Gasteiger partial charge < -0.3 is 4.90 Å². The summed E-state index contributed by atoms with van der Waals surface area (Å²) < 4.78 is 13.9. The van der Waals surface area contributed by atoms with Crippen molar-refractivity contribution in [2.24, 2.45) is 0 Å². The lowest BCUT2D eigenvalue weighted by atomic mass is 10.1. The Morgan fingerprint density at radius 1 is 1.12 bits per heavy atom. The van der Waals surface area contributed by atoms with Crippen molar-refractivity contribution in [1.29, 1.82) is 0 Å². The van der Waals surface area contributed by atoms with Gasteiger partial charge >= 0.3 is 0 Å². The second kappa shape index (κ2) is 8.65. The van der Waals surface area contributed by atoms with Crippen molar-refractivity contribution >= 4 is 29.1 Å². The van der Waals surface area contributed by atoms with Crippen LogP contribution in [0.1, 0.15) is 31.0 Å². The van der Waals surface area contributed by atoms with Crippen LogP contribution in [-0.4, -0.2) is 23.9 Å². The summed E-state index contributed by atoms with van der Waals surface area (Å²) in [6.07, 6.45) is 0. The number of hydrogen-bond donors (Lipinski definition) is 1. The van der Waals surface area contributed by atoms with E-state index in [2.05, 4.69) is 5.32 Å². The second-order valence-electron chi connectivity index (χ2n) is 6.03. The zero-order chi connectivity index (χ0) is 18.6. The molecule has 134 valence electrons. The zero-order valence-electron chi connectivity index (χ0n) is 14.4. The minimum Gasteiger partial charge on any atom is -0.340 e. The molecule has 6 heteroatoms. The monoisotopic (exact) mass is 382 g/mol. The largest absolute Gasteiger partial charge is 0.340 e. The third kappa shape index (κ3) is 4.94. The van der Waals surface area contributed by atoms with E-state index < -0.39 is 11.9 Å². The van der Waals surface area contributed by atoms with Crippen molar-refractivity contribution in [2.45, 2.75) is 32.5 Å². The molecule has 1 N–H and O–H groups in total. The molecular weight excluding hydrogens is 362 g/mol. The standard InChI is InChI=1S/C19H21Cl2FN2O/c1-12(14-7-4-5-8-16(14)20)23-13(2)19(25)24(3)11-15-17(21)9-6-10-18(15)22/h4-10,12-13,23H,11H2,1-3H3. The van der Waals surface area contributed by atoms with Crippen LogP contribution in [-0.2, 0) is 11.3 Å². The van der Waals surface area contributed by atoms with Crippen molar-refractivity contribution in [1.82, 2.24) is 10.2 Å². The van der Waals surface area contributed by atoms with E-state index in [1.54, 1.807) is 26.1 Å². The van der Waals surface area contributed by atoms with E-state index in [9.17, 15) is 9.18 Å². The summed E-state index contributed by atoms with van der Waals surface area (Å²) in [7, 11) is 1.63. The molecule has 0 aliphatic heterocycles. The molecule has 2 aromatic carbocycles. The number of amides is 1. The Hall–Kier alpha value is -1.62. The number of nitrogens with zero attached hydrogens (tertiary/aromatic N) is 1. The molecule has 0 fully saturated rings. The molecule has 0 spiro atoms. The summed E-state index contributed by atoms with van der Waals surface area (Å²) >= 11 is 12.2. The fraction of sp³-hybridized carbons (Fsp3) is 0.316. The van der Waals surface area contributed by atoms with Gasteiger partial charge in [0.2, 0.25) is 5.91 Å². The Kier molecular flexibility index (Phi) is 6.82. The van der Waals surface area contributed by atoms with Crippen LogP contribution in [0.25, 0.3) is 0 Å². The fourth-order valence-corrected chi connectivity index (χ4v) is 3.21. The smallest absolute Gasteiger partial charge is 0.239 e. The predicted octanol–water partition coefficient (Wildman–Crippen LogP) is 4.83. The Balaban J connectivity index is 2.03. The Morgan fingerprint density at radius 3 is 2.40 bits per heavy atom. The summed E-state index contributed by atoms with van der Waals surface area (Å²) in [6.45, 7) is 3.82. The molecule has 2 unspecified atom stereocenters. The highest BCUT2D eigenvalue weighted by Crippen LogP contribution is 2.23. The van der Waals surface area contributed by atoms with Gasteiger partial charge in [-0.25, -0.2) is 4.39 Å². The first kappa shape index (κ1) is 19.7. The van der Waals surface area contributed by atoms with Crippen molar-refractivity contribution < 1.29 is 9.18 Å². The zero-order valence-corrected chi connectivity index (χ0v) is 15.9. The van der Waals surface area contributed by atoms with Crippen LogP contribution in [0.3, 0.4) is 0 Å². The molecule has 25 heavy (non-hydrogen) atoms. The number of halogens is 3. The molecule has 0 saturated carbocycles. The van der Waals surface area contributed by atoms with Crippen molar-refractivity contribution in [3.63, 3.8) is 0 Å². The van der Waals surface area contributed by atoms with Gasteiger partial charge in [-0.15, -0.1) is 0 Å². The Labute approximate surface area is 157 Å². The lowest BCUT2D eigenvalue weighted by molar-refractivity contribution is -0.132. The van der Waals surface area contributed by atoms with Gasteiger partial charge in [-0.3, -0.25) is 10.1 Å². The summed E-state index contributed by atoms with van der Waals surface area (Å²) in [5.41, 5.74) is 1.23. The van der Waals surface area contributed by atoms with Crippen LogP contribution in [0.15, 0.2) is 42.5 Å².